The maximum absolute atomic E-state index is 15.1. The van der Waals surface area contributed by atoms with Gasteiger partial charge in [0, 0.05) is 0 Å². The van der Waals surface area contributed by atoms with Crippen LogP contribution in [-0.2, 0) is 19.2 Å². The minimum atomic E-state index is -0.860. The molecule has 112 heavy (non-hydrogen) atoms. The summed E-state index contributed by atoms with van der Waals surface area (Å²) in [6.45, 7) is 0. The van der Waals surface area contributed by atoms with Crippen LogP contribution < -0.4 is 0 Å². The number of hydrogen-bond acceptors (Lipinski definition) is 8. The average Bonchev–Trinajstić information content (AvgIpc) is 0.737. The third kappa shape index (κ3) is 14.1. The van der Waals surface area contributed by atoms with E-state index in [1.54, 1.807) is 0 Å². The van der Waals surface area contributed by atoms with Crippen LogP contribution in [0, 0.1) is 0 Å². The Morgan fingerprint density at radius 3 is 0.634 bits per heavy atom. The fraction of sp³-hybridized carbons (Fsp3) is 0.160. The summed E-state index contributed by atoms with van der Waals surface area (Å²) in [6.07, 6.45) is 4.63. The monoisotopic (exact) mass is 1470 g/mol. The fourth-order valence-corrected chi connectivity index (χ4v) is 17.9. The third-order valence-corrected chi connectivity index (χ3v) is 23.5. The highest BCUT2D eigenvalue weighted by Gasteiger charge is 2.45. The smallest absolute Gasteiger partial charge is 0.258 e. The zero-order valence-electron chi connectivity index (χ0n) is 61.8. The summed E-state index contributed by atoms with van der Waals surface area (Å²) in [5.41, 5.74) is 6.11. The maximum Gasteiger partial charge on any atom is 0.258 e. The predicted molar refractivity (Wildman–Crippen MR) is 446 cm³/mol. The maximum atomic E-state index is 15.1. The van der Waals surface area contributed by atoms with Crippen molar-refractivity contribution >= 4 is 110 Å². The lowest BCUT2D eigenvalue weighted by Gasteiger charge is -2.41. The normalized spacial score (nSPS) is 15.9. The van der Waals surface area contributed by atoms with Gasteiger partial charge in [-0.1, -0.05) is 365 Å². The summed E-state index contributed by atoms with van der Waals surface area (Å²) in [7, 11) is 0. The molecule has 12 nitrogen and oxygen atoms in total. The van der Waals surface area contributed by atoms with Gasteiger partial charge in [-0.3, -0.25) is 40.0 Å². The van der Waals surface area contributed by atoms with Gasteiger partial charge in [0.1, 0.15) is 0 Å². The van der Waals surface area contributed by atoms with E-state index < -0.39 is 71.5 Å². The summed E-state index contributed by atoms with van der Waals surface area (Å²) >= 11 is 0. The Morgan fingerprint density at radius 1 is 0.214 bits per heavy atom. The van der Waals surface area contributed by atoms with Gasteiger partial charge >= 0.3 is 0 Å². The van der Waals surface area contributed by atoms with E-state index in [4.69, 9.17) is 0 Å². The number of hydroxylamine groups is 8. The van der Waals surface area contributed by atoms with Gasteiger partial charge in [-0.15, -0.1) is 0 Å². The molecule has 2 saturated carbocycles. The molecule has 2 aliphatic carbocycles. The summed E-state index contributed by atoms with van der Waals surface area (Å²) in [5.74, 6) is -5.40. The minimum Gasteiger partial charge on any atom is -0.286 e. The first-order chi connectivity index (χ1) is 54.9. The molecule has 2 aliphatic rings. The van der Waals surface area contributed by atoms with Gasteiger partial charge in [-0.25, -0.2) is 20.3 Å². The van der Waals surface area contributed by atoms with Gasteiger partial charge in [0.2, 0.25) is 0 Å². The quantitative estimate of drug-likeness (QED) is 0.0549. The molecule has 18 rings (SSSR count). The Kier molecular flexibility index (Phi) is 20.5. The van der Waals surface area contributed by atoms with Crippen LogP contribution in [0.2, 0.25) is 0 Å². The molecule has 4 atom stereocenters. The van der Waals surface area contributed by atoms with Crippen LogP contribution in [0.3, 0.4) is 0 Å². The van der Waals surface area contributed by atoms with Crippen LogP contribution in [0.1, 0.15) is 120 Å². The molecule has 16 aromatic carbocycles. The Hall–Kier alpha value is -12.7. The molecule has 0 heterocycles. The number of fused-ring (bicyclic) bond motifs is 8. The molecular weight excluding hydrogens is 1390 g/mol. The van der Waals surface area contributed by atoms with E-state index in [9.17, 15) is 30.4 Å². The van der Waals surface area contributed by atoms with Crippen LogP contribution in [0.15, 0.2) is 340 Å². The molecule has 2 unspecified atom stereocenters. The topological polar surface area (TPSA) is 162 Å². The molecule has 0 aliphatic heterocycles. The molecule has 0 spiro atoms. The Morgan fingerprint density at radius 2 is 0.402 bits per heavy atom. The molecule has 0 saturated heterocycles. The lowest BCUT2D eigenvalue weighted by molar-refractivity contribution is -0.213. The number of benzene rings is 16. The van der Waals surface area contributed by atoms with E-state index in [2.05, 4.69) is 0 Å². The second kappa shape index (κ2) is 31.7. The number of amides is 4. The molecular formula is C100H84N4O8. The van der Waals surface area contributed by atoms with E-state index in [-0.39, 0.29) is 0 Å². The van der Waals surface area contributed by atoms with E-state index in [0.29, 0.717) is 25.7 Å². The van der Waals surface area contributed by atoms with Crippen molar-refractivity contribution in [3.05, 3.63) is 384 Å². The highest BCUT2D eigenvalue weighted by atomic mass is 16.5. The van der Waals surface area contributed by atoms with Crippen molar-refractivity contribution in [1.29, 1.82) is 0 Å². The fourth-order valence-electron chi connectivity index (χ4n) is 17.9. The number of rotatable bonds is 16. The standard InChI is InChI=1S/2C50H42N2O4/c53-49(47(41-27-11-19-33-15-1-5-23-37(33)41)42-28-12-20-34-16-2-6-24-38(34)42)51(55)45-31-9-10-32-46(45)52(56)50(54)48(43-29-13-21-35-17-3-7-25-39(35)43)44-30-14-22-36-18-4-8-26-40(36)44;53-49(47(41-25-21-33-11-1-5-15-37(33)29-41)42-26-22-34-12-2-6-16-38(34)30-42)51(55)45-19-9-10-20-46(45)52(56)50(54)48(43-27-23-35-13-3-7-17-39(35)31-43)44-28-24-36-14-4-8-18-40(36)32-44/h1-8,11-30,45-48,55-56H,9-10,31-32H2;1-8,11-18,21-32,45-48,55-56H,9-10,19-20H2/t2*45-,46?/m11/s1. The van der Waals surface area contributed by atoms with Crippen molar-refractivity contribution in [1.82, 2.24) is 20.3 Å². The Labute approximate surface area is 649 Å². The molecule has 0 bridgehead atoms. The number of nitrogens with zero attached hydrogens (tertiary/aromatic N) is 4. The zero-order chi connectivity index (χ0) is 76.3. The van der Waals surface area contributed by atoms with Gasteiger partial charge in [0.05, 0.1) is 47.8 Å². The van der Waals surface area contributed by atoms with E-state index in [1.807, 2.05) is 340 Å². The number of carbonyl (C=O) groups is 4. The third-order valence-electron chi connectivity index (χ3n) is 23.5. The SMILES string of the molecule is O=C(C(c1ccc2ccccc2c1)c1ccc2ccccc2c1)N(O)C1CCCC[C@H]1N(O)C(=O)C(c1ccc2ccccc2c1)c1ccc2ccccc2c1.O=C(C(c1cccc2ccccc12)c1cccc2ccccc12)N(O)C1CCCC[C@H]1N(O)C(=O)C(c1cccc2ccccc12)c1cccc2ccccc12. The molecule has 552 valence electrons. The second-order valence-electron chi connectivity index (χ2n) is 30.0. The van der Waals surface area contributed by atoms with Gasteiger partial charge in [-0.2, -0.15) is 0 Å². The summed E-state index contributed by atoms with van der Waals surface area (Å²) < 4.78 is 0. The van der Waals surface area contributed by atoms with Crippen LogP contribution in [0.5, 0.6) is 0 Å². The molecule has 4 N–H and O–H groups in total. The van der Waals surface area contributed by atoms with Crippen molar-refractivity contribution in [3.63, 3.8) is 0 Å². The van der Waals surface area contributed by atoms with Gasteiger partial charge < -0.3 is 0 Å². The lowest BCUT2D eigenvalue weighted by Crippen LogP contribution is -2.56. The largest absolute Gasteiger partial charge is 0.286 e. The van der Waals surface area contributed by atoms with Crippen LogP contribution in [0.25, 0.3) is 86.2 Å². The average molecular weight is 1470 g/mol. The van der Waals surface area contributed by atoms with E-state index in [0.717, 1.165) is 177 Å². The van der Waals surface area contributed by atoms with Crippen LogP contribution in [0.4, 0.5) is 0 Å². The number of carbonyl (C=O) groups excluding carboxylic acids is 4. The molecule has 12 heteroatoms. The lowest BCUT2D eigenvalue weighted by atomic mass is 9.82. The molecule has 4 amide bonds. The number of hydrogen-bond donors (Lipinski definition) is 4. The molecule has 2 fully saturated rings. The minimum absolute atomic E-state index is 0.419. The summed E-state index contributed by atoms with van der Waals surface area (Å²) in [6, 6.07) is 108. The van der Waals surface area contributed by atoms with Crippen molar-refractivity contribution in [2.45, 2.75) is 99.2 Å². The zero-order valence-corrected chi connectivity index (χ0v) is 61.8. The van der Waals surface area contributed by atoms with Crippen LogP contribution >= 0.6 is 0 Å². The van der Waals surface area contributed by atoms with Crippen molar-refractivity contribution in [2.75, 3.05) is 0 Å². The van der Waals surface area contributed by atoms with Gasteiger partial charge in [-0.05, 0) is 156 Å². The first-order valence-electron chi connectivity index (χ1n) is 38.9. The highest BCUT2D eigenvalue weighted by molar-refractivity contribution is 6.02. The van der Waals surface area contributed by atoms with E-state index >= 15 is 9.59 Å². The Bertz CT molecular complexity index is 5530. The van der Waals surface area contributed by atoms with Crippen molar-refractivity contribution in [2.24, 2.45) is 0 Å². The highest BCUT2D eigenvalue weighted by Crippen LogP contribution is 2.43. The first kappa shape index (κ1) is 72.2. The molecule has 0 radical (unpaired) electrons. The second-order valence-corrected chi connectivity index (χ2v) is 30.0. The van der Waals surface area contributed by atoms with Crippen LogP contribution in [-0.4, -0.2) is 88.9 Å². The molecule has 16 aromatic rings. The first-order valence-corrected chi connectivity index (χ1v) is 38.9. The molecule has 0 aromatic heterocycles. The Balaban J connectivity index is 0.000000163. The summed E-state index contributed by atoms with van der Waals surface area (Å²) in [4.78, 5) is 60.0. The summed E-state index contributed by atoms with van der Waals surface area (Å²) in [5, 5.41) is 67.9. The van der Waals surface area contributed by atoms with Gasteiger partial charge in [0.25, 0.3) is 23.6 Å². The van der Waals surface area contributed by atoms with E-state index in [1.165, 1.54) is 0 Å². The predicted octanol–water partition coefficient (Wildman–Crippen LogP) is 22.0. The van der Waals surface area contributed by atoms with Crippen molar-refractivity contribution in [3.8, 4) is 0 Å². The van der Waals surface area contributed by atoms with Gasteiger partial charge in [0.15, 0.2) is 0 Å². The van der Waals surface area contributed by atoms with Crippen molar-refractivity contribution < 1.29 is 40.0 Å².